The molecule has 2 N–H and O–H groups in total. The van der Waals surface area contributed by atoms with E-state index in [4.69, 9.17) is 4.52 Å². The van der Waals surface area contributed by atoms with Crippen LogP contribution in [0.4, 0.5) is 0 Å². The number of aliphatic hydroxyl groups excluding tert-OH is 1. The van der Waals surface area contributed by atoms with E-state index >= 15 is 0 Å². The Kier molecular flexibility index (Phi) is 3.11. The molecular formula is C11H14N4O2S. The van der Waals surface area contributed by atoms with Crippen molar-refractivity contribution in [2.24, 2.45) is 0 Å². The van der Waals surface area contributed by atoms with Gasteiger partial charge in [0.05, 0.1) is 29.3 Å². The average molecular weight is 266 g/mol. The third-order valence-electron chi connectivity index (χ3n) is 2.90. The van der Waals surface area contributed by atoms with E-state index in [0.717, 1.165) is 10.7 Å². The quantitative estimate of drug-likeness (QED) is 0.855. The topological polar surface area (TPSA) is 84.1 Å². The van der Waals surface area contributed by atoms with E-state index in [9.17, 15) is 5.11 Å². The van der Waals surface area contributed by atoms with Gasteiger partial charge in [-0.15, -0.1) is 11.3 Å². The maximum atomic E-state index is 9.44. The molecule has 1 saturated heterocycles. The zero-order chi connectivity index (χ0) is 12.5. The number of rotatable bonds is 3. The molecule has 1 aliphatic rings. The first-order chi connectivity index (χ1) is 8.70. The molecule has 0 bridgehead atoms. The van der Waals surface area contributed by atoms with Crippen molar-refractivity contribution in [1.29, 1.82) is 0 Å². The van der Waals surface area contributed by atoms with Crippen LogP contribution in [0.1, 0.15) is 34.9 Å². The van der Waals surface area contributed by atoms with E-state index in [1.165, 1.54) is 0 Å². The largest absolute Gasteiger partial charge is 0.392 e. The zero-order valence-electron chi connectivity index (χ0n) is 9.96. The highest BCUT2D eigenvalue weighted by molar-refractivity contribution is 7.09. The van der Waals surface area contributed by atoms with Crippen molar-refractivity contribution < 1.29 is 9.63 Å². The first-order valence-corrected chi connectivity index (χ1v) is 6.73. The normalized spacial score (nSPS) is 23.7. The highest BCUT2D eigenvalue weighted by Gasteiger charge is 2.28. The van der Waals surface area contributed by atoms with Crippen molar-refractivity contribution in [2.45, 2.75) is 31.9 Å². The highest BCUT2D eigenvalue weighted by atomic mass is 32.1. The molecule has 96 valence electrons. The molecule has 0 spiro atoms. The molecule has 1 fully saturated rings. The first-order valence-electron chi connectivity index (χ1n) is 5.85. The Morgan fingerprint density at radius 2 is 2.44 bits per heavy atom. The van der Waals surface area contributed by atoms with Crippen molar-refractivity contribution in [1.82, 2.24) is 20.4 Å². The number of hydrogen-bond acceptors (Lipinski definition) is 7. The Balaban J connectivity index is 1.70. The minimum atomic E-state index is -0.327. The summed E-state index contributed by atoms with van der Waals surface area (Å²) in [6.45, 7) is 2.55. The molecule has 0 aromatic carbocycles. The van der Waals surface area contributed by atoms with Gasteiger partial charge in [0.25, 0.3) is 0 Å². The molecule has 2 aromatic heterocycles. The van der Waals surface area contributed by atoms with E-state index in [0.29, 0.717) is 31.1 Å². The third-order valence-corrected chi connectivity index (χ3v) is 3.72. The van der Waals surface area contributed by atoms with Gasteiger partial charge in [-0.05, 0) is 13.3 Å². The second-order valence-electron chi connectivity index (χ2n) is 4.43. The van der Waals surface area contributed by atoms with Crippen LogP contribution in [0.3, 0.4) is 0 Å². The Labute approximate surface area is 108 Å². The summed E-state index contributed by atoms with van der Waals surface area (Å²) in [7, 11) is 0. The van der Waals surface area contributed by atoms with Crippen molar-refractivity contribution >= 4 is 11.3 Å². The lowest BCUT2D eigenvalue weighted by molar-refractivity contribution is 0.191. The third kappa shape index (κ3) is 2.43. The molecule has 0 saturated carbocycles. The predicted octanol–water partition coefficient (Wildman–Crippen LogP) is 0.821. The molecule has 0 unspecified atom stereocenters. The predicted molar refractivity (Wildman–Crippen MR) is 65.3 cm³/mol. The van der Waals surface area contributed by atoms with Gasteiger partial charge in [-0.3, -0.25) is 0 Å². The van der Waals surface area contributed by atoms with Gasteiger partial charge in [0.15, 0.2) is 5.82 Å². The van der Waals surface area contributed by atoms with Crippen molar-refractivity contribution in [3.63, 3.8) is 0 Å². The Morgan fingerprint density at radius 3 is 3.11 bits per heavy atom. The number of nitrogens with zero attached hydrogens (tertiary/aromatic N) is 3. The van der Waals surface area contributed by atoms with E-state index in [1.807, 2.05) is 12.3 Å². The molecule has 6 nitrogen and oxygen atoms in total. The summed E-state index contributed by atoms with van der Waals surface area (Å²) in [6, 6.07) is -0.0292. The second-order valence-corrected chi connectivity index (χ2v) is 5.50. The first kappa shape index (κ1) is 11.8. The molecule has 7 heteroatoms. The van der Waals surface area contributed by atoms with Crippen LogP contribution in [0.2, 0.25) is 0 Å². The van der Waals surface area contributed by atoms with Crippen LogP contribution in [-0.4, -0.2) is 32.9 Å². The number of nitrogens with one attached hydrogen (secondary N) is 1. The molecular weight excluding hydrogens is 252 g/mol. The van der Waals surface area contributed by atoms with E-state index < -0.39 is 0 Å². The van der Waals surface area contributed by atoms with Gasteiger partial charge in [0.2, 0.25) is 5.89 Å². The molecule has 2 atom stereocenters. The van der Waals surface area contributed by atoms with Gasteiger partial charge in [0.1, 0.15) is 0 Å². The second kappa shape index (κ2) is 4.75. The van der Waals surface area contributed by atoms with Crippen LogP contribution in [0.25, 0.3) is 0 Å². The van der Waals surface area contributed by atoms with Crippen LogP contribution in [-0.2, 0) is 6.42 Å². The molecule has 3 heterocycles. The van der Waals surface area contributed by atoms with E-state index in [-0.39, 0.29) is 12.1 Å². The summed E-state index contributed by atoms with van der Waals surface area (Å²) in [4.78, 5) is 8.71. The van der Waals surface area contributed by atoms with Gasteiger partial charge in [0, 0.05) is 11.9 Å². The van der Waals surface area contributed by atoms with Gasteiger partial charge in [-0.1, -0.05) is 5.16 Å². The maximum absolute atomic E-state index is 9.44. The van der Waals surface area contributed by atoms with E-state index in [2.05, 4.69) is 20.4 Å². The summed E-state index contributed by atoms with van der Waals surface area (Å²) in [5, 5.41) is 19.6. The monoisotopic (exact) mass is 266 g/mol. The number of hydrogen-bond donors (Lipinski definition) is 2. The fraction of sp³-hybridized carbons (Fsp3) is 0.545. The van der Waals surface area contributed by atoms with Crippen LogP contribution in [0, 0.1) is 6.92 Å². The van der Waals surface area contributed by atoms with Crippen LogP contribution < -0.4 is 5.32 Å². The fourth-order valence-corrected chi connectivity index (χ4v) is 2.65. The SMILES string of the molecule is Cc1nc(Cc2noc([C@@H]3C[C@@H](O)CN3)n2)cs1. The van der Waals surface area contributed by atoms with Gasteiger partial charge in [-0.25, -0.2) is 4.98 Å². The summed E-state index contributed by atoms with van der Waals surface area (Å²) >= 11 is 1.61. The van der Waals surface area contributed by atoms with E-state index in [1.54, 1.807) is 11.3 Å². The minimum absolute atomic E-state index is 0.0292. The van der Waals surface area contributed by atoms with Crippen molar-refractivity contribution in [3.8, 4) is 0 Å². The number of aryl methyl sites for hydroxylation is 1. The summed E-state index contributed by atoms with van der Waals surface area (Å²) in [6.07, 6.45) is 0.882. The van der Waals surface area contributed by atoms with Crippen molar-refractivity contribution in [2.75, 3.05) is 6.54 Å². The zero-order valence-corrected chi connectivity index (χ0v) is 10.8. The molecule has 1 aliphatic heterocycles. The average Bonchev–Trinajstić information content (AvgIpc) is 3.01. The fourth-order valence-electron chi connectivity index (χ4n) is 2.04. The van der Waals surface area contributed by atoms with Gasteiger partial charge >= 0.3 is 0 Å². The molecule has 0 radical (unpaired) electrons. The number of thiazole rings is 1. The molecule has 2 aromatic rings. The smallest absolute Gasteiger partial charge is 0.243 e. The lowest BCUT2D eigenvalue weighted by Gasteiger charge is -2.01. The molecule has 0 aliphatic carbocycles. The summed E-state index contributed by atoms with van der Waals surface area (Å²) in [5.41, 5.74) is 0.962. The number of β-amino-alcohol motifs (C(OH)–C–C–N with tert-alkyl or cyclic N) is 1. The Bertz CT molecular complexity index is 539. The minimum Gasteiger partial charge on any atom is -0.392 e. The molecule has 3 rings (SSSR count). The maximum Gasteiger partial charge on any atom is 0.243 e. The Hall–Kier alpha value is -1.31. The van der Waals surface area contributed by atoms with Gasteiger partial charge in [-0.2, -0.15) is 4.98 Å². The van der Waals surface area contributed by atoms with Crippen molar-refractivity contribution in [3.05, 3.63) is 27.8 Å². The van der Waals surface area contributed by atoms with Crippen LogP contribution >= 0.6 is 11.3 Å². The highest BCUT2D eigenvalue weighted by Crippen LogP contribution is 2.22. The standard InChI is InChI=1S/C11H14N4O2S/c1-6-13-7(5-18-6)2-10-14-11(17-15-10)9-3-8(16)4-12-9/h5,8-9,12,16H,2-4H2,1H3/t8-,9+/m1/s1. The number of aliphatic hydroxyl groups is 1. The Morgan fingerprint density at radius 1 is 1.56 bits per heavy atom. The summed E-state index contributed by atoms with van der Waals surface area (Å²) < 4.78 is 5.22. The van der Waals surface area contributed by atoms with Crippen LogP contribution in [0.15, 0.2) is 9.90 Å². The van der Waals surface area contributed by atoms with Gasteiger partial charge < -0.3 is 14.9 Å². The molecule has 0 amide bonds. The lowest BCUT2D eigenvalue weighted by atomic mass is 10.2. The lowest BCUT2D eigenvalue weighted by Crippen LogP contribution is -2.15. The van der Waals surface area contributed by atoms with Crippen LogP contribution in [0.5, 0.6) is 0 Å². The molecule has 18 heavy (non-hydrogen) atoms. The number of aromatic nitrogens is 3. The summed E-state index contributed by atoms with van der Waals surface area (Å²) in [5.74, 6) is 1.19.